The first kappa shape index (κ1) is 18.1. The number of carbonyl (C=O) groups is 1. The van der Waals surface area contributed by atoms with Crippen LogP contribution in [0.15, 0.2) is 67.0 Å². The van der Waals surface area contributed by atoms with Gasteiger partial charge in [-0.2, -0.15) is 5.10 Å². The van der Waals surface area contributed by atoms with Gasteiger partial charge in [-0.15, -0.1) is 11.8 Å². The van der Waals surface area contributed by atoms with E-state index in [1.807, 2.05) is 53.3 Å². The Morgan fingerprint density at radius 2 is 2.00 bits per heavy atom. The smallest absolute Gasteiger partial charge is 0.230 e. The van der Waals surface area contributed by atoms with Crippen LogP contribution in [-0.4, -0.2) is 28.6 Å². The van der Waals surface area contributed by atoms with E-state index < -0.39 is 0 Å². The van der Waals surface area contributed by atoms with Crippen molar-refractivity contribution in [2.24, 2.45) is 0 Å². The van der Waals surface area contributed by atoms with E-state index in [1.165, 1.54) is 5.56 Å². The minimum absolute atomic E-state index is 0.0333. The van der Waals surface area contributed by atoms with Crippen molar-refractivity contribution in [3.05, 3.63) is 78.1 Å². The van der Waals surface area contributed by atoms with Gasteiger partial charge < -0.3 is 10.1 Å². The van der Waals surface area contributed by atoms with Crippen molar-refractivity contribution >= 4 is 17.7 Å². The summed E-state index contributed by atoms with van der Waals surface area (Å²) in [6, 6.07) is 17.8. The third kappa shape index (κ3) is 5.13. The fourth-order valence-corrected chi connectivity index (χ4v) is 3.28. The molecule has 1 amide bonds. The molecule has 6 heteroatoms. The molecule has 5 nitrogen and oxygen atoms in total. The quantitative estimate of drug-likeness (QED) is 0.663. The molecule has 0 bridgehead atoms. The molecule has 1 aromatic heterocycles. The zero-order chi connectivity index (χ0) is 18.2. The molecule has 0 fully saturated rings. The first-order valence-corrected chi connectivity index (χ1v) is 9.46. The van der Waals surface area contributed by atoms with Gasteiger partial charge in [-0.3, -0.25) is 4.79 Å². The highest BCUT2D eigenvalue weighted by Crippen LogP contribution is 2.15. The molecule has 1 heterocycles. The van der Waals surface area contributed by atoms with Crippen LogP contribution in [-0.2, 0) is 17.1 Å². The van der Waals surface area contributed by atoms with Crippen molar-refractivity contribution in [1.82, 2.24) is 15.1 Å². The van der Waals surface area contributed by atoms with E-state index in [0.29, 0.717) is 12.3 Å². The number of rotatable bonds is 8. The molecule has 134 valence electrons. The summed E-state index contributed by atoms with van der Waals surface area (Å²) in [5, 5.41) is 7.15. The highest BCUT2D eigenvalue weighted by atomic mass is 32.2. The van der Waals surface area contributed by atoms with Crippen LogP contribution < -0.4 is 10.1 Å². The van der Waals surface area contributed by atoms with Crippen molar-refractivity contribution in [2.75, 3.05) is 12.9 Å². The molecular weight excluding hydrogens is 346 g/mol. The van der Waals surface area contributed by atoms with Crippen molar-refractivity contribution in [2.45, 2.75) is 12.3 Å². The third-order valence-corrected chi connectivity index (χ3v) is 4.83. The van der Waals surface area contributed by atoms with Crippen molar-refractivity contribution < 1.29 is 9.53 Å². The van der Waals surface area contributed by atoms with Gasteiger partial charge >= 0.3 is 0 Å². The Balaban J connectivity index is 1.40. The molecule has 26 heavy (non-hydrogen) atoms. The molecule has 0 spiro atoms. The first-order chi connectivity index (χ1) is 12.7. The van der Waals surface area contributed by atoms with Crippen LogP contribution in [0.3, 0.4) is 0 Å². The van der Waals surface area contributed by atoms with Gasteiger partial charge in [0.25, 0.3) is 0 Å². The number of nitrogens with zero attached hydrogens (tertiary/aromatic N) is 2. The van der Waals surface area contributed by atoms with E-state index in [9.17, 15) is 4.79 Å². The molecule has 3 rings (SSSR count). The lowest BCUT2D eigenvalue weighted by Crippen LogP contribution is -2.24. The zero-order valence-corrected chi connectivity index (χ0v) is 15.4. The maximum atomic E-state index is 12.0. The maximum absolute atomic E-state index is 12.0. The van der Waals surface area contributed by atoms with Crippen LogP contribution in [0, 0.1) is 0 Å². The van der Waals surface area contributed by atoms with Gasteiger partial charge in [-0.1, -0.05) is 24.3 Å². The summed E-state index contributed by atoms with van der Waals surface area (Å²) in [4.78, 5) is 12.0. The topological polar surface area (TPSA) is 56.1 Å². The second-order valence-electron chi connectivity index (χ2n) is 5.74. The Hall–Kier alpha value is -2.73. The Kier molecular flexibility index (Phi) is 6.33. The number of methoxy groups -OCH3 is 1. The first-order valence-electron chi connectivity index (χ1n) is 8.31. The highest BCUT2D eigenvalue weighted by molar-refractivity contribution is 7.99. The number of aromatic nitrogens is 2. The largest absolute Gasteiger partial charge is 0.497 e. The summed E-state index contributed by atoms with van der Waals surface area (Å²) >= 11 is 1.60. The third-order valence-electron chi connectivity index (χ3n) is 3.83. The molecule has 0 aliphatic rings. The zero-order valence-electron chi connectivity index (χ0n) is 14.6. The summed E-state index contributed by atoms with van der Waals surface area (Å²) in [7, 11) is 1.63. The lowest BCUT2D eigenvalue weighted by Gasteiger charge is -2.07. The van der Waals surface area contributed by atoms with Crippen LogP contribution in [0.4, 0.5) is 0 Å². The Morgan fingerprint density at radius 1 is 1.15 bits per heavy atom. The van der Waals surface area contributed by atoms with Gasteiger partial charge in [-0.05, 0) is 41.5 Å². The van der Waals surface area contributed by atoms with E-state index in [0.717, 1.165) is 22.8 Å². The number of amides is 1. The van der Waals surface area contributed by atoms with E-state index in [2.05, 4.69) is 22.5 Å². The van der Waals surface area contributed by atoms with E-state index in [4.69, 9.17) is 4.74 Å². The Labute approximate surface area is 157 Å². The molecular formula is C20H21N3O2S. The molecule has 2 aromatic carbocycles. The molecule has 0 aliphatic carbocycles. The molecule has 0 radical (unpaired) electrons. The second-order valence-corrected chi connectivity index (χ2v) is 6.72. The van der Waals surface area contributed by atoms with Crippen LogP contribution >= 0.6 is 11.8 Å². The molecule has 3 aromatic rings. The molecule has 0 aliphatic heterocycles. The van der Waals surface area contributed by atoms with Crippen LogP contribution in [0.2, 0.25) is 0 Å². The molecule has 0 saturated carbocycles. The Morgan fingerprint density at radius 3 is 2.73 bits per heavy atom. The van der Waals surface area contributed by atoms with Gasteiger partial charge in [0, 0.05) is 24.7 Å². The minimum Gasteiger partial charge on any atom is -0.497 e. The highest BCUT2D eigenvalue weighted by Gasteiger charge is 2.04. The summed E-state index contributed by atoms with van der Waals surface area (Å²) < 4.78 is 7.01. The van der Waals surface area contributed by atoms with Crippen molar-refractivity contribution in [3.8, 4) is 11.4 Å². The average Bonchev–Trinajstić information content (AvgIpc) is 3.22. The predicted octanol–water partition coefficient (Wildman–Crippen LogP) is 3.43. The average molecular weight is 367 g/mol. The monoisotopic (exact) mass is 367 g/mol. The lowest BCUT2D eigenvalue weighted by molar-refractivity contribution is -0.118. The van der Waals surface area contributed by atoms with Gasteiger partial charge in [0.05, 0.1) is 18.6 Å². The van der Waals surface area contributed by atoms with E-state index in [1.54, 1.807) is 25.1 Å². The predicted molar refractivity (Wildman–Crippen MR) is 105 cm³/mol. The Bertz CT molecular complexity index is 833. The van der Waals surface area contributed by atoms with Gasteiger partial charge in [0.2, 0.25) is 5.91 Å². The number of benzene rings is 2. The second kappa shape index (κ2) is 9.10. The number of ether oxygens (including phenoxy) is 1. The minimum atomic E-state index is 0.0333. The van der Waals surface area contributed by atoms with Crippen molar-refractivity contribution in [3.63, 3.8) is 0 Å². The molecule has 0 saturated heterocycles. The number of carbonyl (C=O) groups excluding carboxylic acids is 1. The number of hydrogen-bond acceptors (Lipinski definition) is 4. The van der Waals surface area contributed by atoms with Crippen LogP contribution in [0.1, 0.15) is 11.1 Å². The van der Waals surface area contributed by atoms with Crippen molar-refractivity contribution in [1.29, 1.82) is 0 Å². The summed E-state index contributed by atoms with van der Waals surface area (Å²) in [5.74, 6) is 2.06. The van der Waals surface area contributed by atoms with Gasteiger partial charge in [-0.25, -0.2) is 4.68 Å². The standard InChI is InChI=1S/C20H21N3O2S/c1-25-19-5-2-4-17(12-19)13-21-20(24)15-26-14-16-6-8-18(9-7-16)23-11-3-10-22-23/h2-12H,13-15H2,1H3,(H,21,24). The molecule has 0 unspecified atom stereocenters. The molecule has 0 atom stereocenters. The number of nitrogens with one attached hydrogen (secondary N) is 1. The SMILES string of the molecule is COc1cccc(CNC(=O)CSCc2ccc(-n3cccn3)cc2)c1. The van der Waals surface area contributed by atoms with Crippen LogP contribution in [0.5, 0.6) is 5.75 Å². The van der Waals surface area contributed by atoms with Gasteiger partial charge in [0.1, 0.15) is 5.75 Å². The van der Waals surface area contributed by atoms with E-state index >= 15 is 0 Å². The summed E-state index contributed by atoms with van der Waals surface area (Å²) in [5.41, 5.74) is 3.24. The summed E-state index contributed by atoms with van der Waals surface area (Å²) in [6.07, 6.45) is 3.67. The normalized spacial score (nSPS) is 10.5. The van der Waals surface area contributed by atoms with Crippen LogP contribution in [0.25, 0.3) is 5.69 Å². The number of thioether (sulfide) groups is 1. The fraction of sp³-hybridized carbons (Fsp3) is 0.200. The van der Waals surface area contributed by atoms with Gasteiger partial charge in [0.15, 0.2) is 0 Å². The number of hydrogen-bond donors (Lipinski definition) is 1. The molecule has 1 N–H and O–H groups in total. The lowest BCUT2D eigenvalue weighted by atomic mass is 10.2. The maximum Gasteiger partial charge on any atom is 0.230 e. The fourth-order valence-electron chi connectivity index (χ4n) is 2.46. The van der Waals surface area contributed by atoms with E-state index in [-0.39, 0.29) is 5.91 Å². The summed E-state index contributed by atoms with van der Waals surface area (Å²) in [6.45, 7) is 0.509.